The Bertz CT molecular complexity index is 237. The van der Waals surface area contributed by atoms with Gasteiger partial charge in [0.25, 0.3) is 0 Å². The molecule has 0 aromatic rings. The monoisotopic (exact) mass is 210 g/mol. The predicted octanol–water partition coefficient (Wildman–Crippen LogP) is 3.49. The molecule has 0 atom stereocenters. The van der Waals surface area contributed by atoms with Crippen LogP contribution in [0.15, 0.2) is 23.8 Å². The van der Waals surface area contributed by atoms with Crippen LogP contribution < -0.4 is 0 Å². The zero-order valence-electron chi connectivity index (χ0n) is 10.2. The van der Waals surface area contributed by atoms with E-state index in [4.69, 9.17) is 4.74 Å². The summed E-state index contributed by atoms with van der Waals surface area (Å²) in [5.41, 5.74) is 1.23. The van der Waals surface area contributed by atoms with E-state index in [1.54, 1.807) is 6.92 Å². The van der Waals surface area contributed by atoms with Crippen LogP contribution in [0.4, 0.5) is 0 Å². The Morgan fingerprint density at radius 3 is 2.60 bits per heavy atom. The number of hydrogen-bond donors (Lipinski definition) is 0. The summed E-state index contributed by atoms with van der Waals surface area (Å²) in [5, 5.41) is 0. The summed E-state index contributed by atoms with van der Waals surface area (Å²) in [6, 6.07) is 0. The van der Waals surface area contributed by atoms with E-state index in [2.05, 4.69) is 32.1 Å². The van der Waals surface area contributed by atoms with Crippen LogP contribution in [0.25, 0.3) is 0 Å². The van der Waals surface area contributed by atoms with Gasteiger partial charge in [-0.2, -0.15) is 0 Å². The Balaban J connectivity index is 3.73. The van der Waals surface area contributed by atoms with Gasteiger partial charge in [-0.15, -0.1) is 0 Å². The summed E-state index contributed by atoms with van der Waals surface area (Å²) in [7, 11) is 0. The van der Waals surface area contributed by atoms with Crippen LogP contribution in [0.1, 0.15) is 40.5 Å². The minimum atomic E-state index is -0.125. The molecule has 86 valence electrons. The van der Waals surface area contributed by atoms with E-state index in [9.17, 15) is 4.79 Å². The third kappa shape index (κ3) is 9.26. The van der Waals surface area contributed by atoms with E-state index in [1.807, 2.05) is 6.92 Å². The second-order valence-electron chi connectivity index (χ2n) is 3.97. The zero-order valence-corrected chi connectivity index (χ0v) is 10.2. The van der Waals surface area contributed by atoms with E-state index in [-0.39, 0.29) is 5.97 Å². The number of ether oxygens (including phenoxy) is 1. The van der Waals surface area contributed by atoms with E-state index >= 15 is 0 Å². The van der Waals surface area contributed by atoms with Gasteiger partial charge < -0.3 is 4.74 Å². The Labute approximate surface area is 93.0 Å². The summed E-state index contributed by atoms with van der Waals surface area (Å²) in [6.45, 7) is 8.62. The Hall–Kier alpha value is -1.05. The van der Waals surface area contributed by atoms with Crippen molar-refractivity contribution in [2.45, 2.75) is 40.5 Å². The molecule has 0 aromatic carbocycles. The average Bonchev–Trinajstić information content (AvgIpc) is 2.17. The fourth-order valence-corrected chi connectivity index (χ4v) is 0.953. The first-order chi connectivity index (χ1) is 7.06. The van der Waals surface area contributed by atoms with Crippen LogP contribution in [0.3, 0.4) is 0 Å². The molecule has 0 unspecified atom stereocenters. The van der Waals surface area contributed by atoms with Crippen molar-refractivity contribution in [2.75, 3.05) is 6.61 Å². The SMILES string of the molecule is CCC(=O)OCC/C(C)=C/C=C/C(C)C. The van der Waals surface area contributed by atoms with Crippen molar-refractivity contribution in [1.29, 1.82) is 0 Å². The Kier molecular flexibility index (Phi) is 7.69. The van der Waals surface area contributed by atoms with Gasteiger partial charge in [0.2, 0.25) is 0 Å². The summed E-state index contributed by atoms with van der Waals surface area (Å²) >= 11 is 0. The van der Waals surface area contributed by atoms with E-state index < -0.39 is 0 Å². The van der Waals surface area contributed by atoms with Gasteiger partial charge in [-0.25, -0.2) is 0 Å². The summed E-state index contributed by atoms with van der Waals surface area (Å²) in [6.07, 6.45) is 7.53. The molecule has 0 amide bonds. The number of esters is 1. The van der Waals surface area contributed by atoms with Crippen molar-refractivity contribution < 1.29 is 9.53 Å². The molecule has 0 bridgehead atoms. The summed E-state index contributed by atoms with van der Waals surface area (Å²) in [4.78, 5) is 10.8. The van der Waals surface area contributed by atoms with Gasteiger partial charge in [-0.3, -0.25) is 4.79 Å². The van der Waals surface area contributed by atoms with Crippen molar-refractivity contribution in [1.82, 2.24) is 0 Å². The summed E-state index contributed by atoms with van der Waals surface area (Å²) in [5.74, 6) is 0.451. The molecule has 0 aliphatic rings. The first-order valence-electron chi connectivity index (χ1n) is 5.55. The third-order valence-corrected chi connectivity index (χ3v) is 1.92. The highest BCUT2D eigenvalue weighted by molar-refractivity contribution is 5.68. The molecule has 2 nitrogen and oxygen atoms in total. The maximum Gasteiger partial charge on any atom is 0.305 e. The highest BCUT2D eigenvalue weighted by Gasteiger charge is 1.97. The smallest absolute Gasteiger partial charge is 0.305 e. The van der Waals surface area contributed by atoms with Gasteiger partial charge in [-0.1, -0.05) is 44.6 Å². The molecule has 2 heteroatoms. The molecule has 0 saturated heterocycles. The molecular formula is C13H22O2. The normalized spacial score (nSPS) is 12.5. The highest BCUT2D eigenvalue weighted by Crippen LogP contribution is 2.02. The van der Waals surface area contributed by atoms with Gasteiger partial charge in [0, 0.05) is 12.8 Å². The maximum absolute atomic E-state index is 10.8. The Morgan fingerprint density at radius 1 is 1.40 bits per heavy atom. The molecule has 0 heterocycles. The lowest BCUT2D eigenvalue weighted by molar-refractivity contribution is -0.143. The van der Waals surface area contributed by atoms with Crippen molar-refractivity contribution in [3.05, 3.63) is 23.8 Å². The molecule has 0 aromatic heterocycles. The lowest BCUT2D eigenvalue weighted by Crippen LogP contribution is -2.03. The van der Waals surface area contributed by atoms with Gasteiger partial charge in [0.1, 0.15) is 0 Å². The van der Waals surface area contributed by atoms with Crippen molar-refractivity contribution in [3.63, 3.8) is 0 Å². The van der Waals surface area contributed by atoms with Crippen LogP contribution in [-0.4, -0.2) is 12.6 Å². The topological polar surface area (TPSA) is 26.3 Å². The quantitative estimate of drug-likeness (QED) is 0.495. The lowest BCUT2D eigenvalue weighted by atomic mass is 10.1. The molecule has 15 heavy (non-hydrogen) atoms. The molecule has 0 saturated carbocycles. The first kappa shape index (κ1) is 13.9. The van der Waals surface area contributed by atoms with Gasteiger partial charge in [0.15, 0.2) is 0 Å². The molecule has 0 aliphatic heterocycles. The molecule has 0 rings (SSSR count). The standard InChI is InChI=1S/C13H22O2/c1-5-13(14)15-10-9-12(4)8-6-7-11(2)3/h6-8,11H,5,9-10H2,1-4H3/b7-6+,12-8+. The second kappa shape index (κ2) is 8.27. The highest BCUT2D eigenvalue weighted by atomic mass is 16.5. The number of rotatable bonds is 6. The summed E-state index contributed by atoms with van der Waals surface area (Å²) < 4.78 is 4.99. The predicted molar refractivity (Wildman–Crippen MR) is 63.6 cm³/mol. The molecule has 0 spiro atoms. The van der Waals surface area contributed by atoms with Gasteiger partial charge >= 0.3 is 5.97 Å². The van der Waals surface area contributed by atoms with Crippen LogP contribution in [0.2, 0.25) is 0 Å². The van der Waals surface area contributed by atoms with E-state index in [0.717, 1.165) is 6.42 Å². The van der Waals surface area contributed by atoms with Crippen LogP contribution in [0, 0.1) is 5.92 Å². The van der Waals surface area contributed by atoms with Crippen molar-refractivity contribution in [3.8, 4) is 0 Å². The average molecular weight is 210 g/mol. The molecular weight excluding hydrogens is 188 g/mol. The molecule has 0 fully saturated rings. The first-order valence-corrected chi connectivity index (χ1v) is 5.55. The largest absolute Gasteiger partial charge is 0.465 e. The minimum Gasteiger partial charge on any atom is -0.465 e. The van der Waals surface area contributed by atoms with Gasteiger partial charge in [-0.05, 0) is 12.8 Å². The fraction of sp³-hybridized carbons (Fsp3) is 0.615. The van der Waals surface area contributed by atoms with Crippen LogP contribution in [-0.2, 0) is 9.53 Å². The van der Waals surface area contributed by atoms with E-state index in [0.29, 0.717) is 18.9 Å². The Morgan fingerprint density at radius 2 is 2.07 bits per heavy atom. The zero-order chi connectivity index (χ0) is 11.7. The lowest BCUT2D eigenvalue weighted by Gasteiger charge is -2.02. The number of hydrogen-bond acceptors (Lipinski definition) is 2. The molecule has 0 aliphatic carbocycles. The molecule has 0 radical (unpaired) electrons. The van der Waals surface area contributed by atoms with Gasteiger partial charge in [0.05, 0.1) is 6.61 Å². The van der Waals surface area contributed by atoms with E-state index in [1.165, 1.54) is 5.57 Å². The minimum absolute atomic E-state index is 0.125. The van der Waals surface area contributed by atoms with Crippen molar-refractivity contribution >= 4 is 5.97 Å². The number of carbonyl (C=O) groups excluding carboxylic acids is 1. The second-order valence-corrected chi connectivity index (χ2v) is 3.97. The number of carbonyl (C=O) groups is 1. The van der Waals surface area contributed by atoms with Crippen LogP contribution in [0.5, 0.6) is 0 Å². The maximum atomic E-state index is 10.8. The third-order valence-electron chi connectivity index (χ3n) is 1.92. The fourth-order valence-electron chi connectivity index (χ4n) is 0.953. The van der Waals surface area contributed by atoms with Crippen LogP contribution >= 0.6 is 0 Å². The number of allylic oxidation sites excluding steroid dienone is 3. The molecule has 0 N–H and O–H groups in total. The van der Waals surface area contributed by atoms with Crippen molar-refractivity contribution in [2.24, 2.45) is 5.92 Å².